The van der Waals surface area contributed by atoms with E-state index < -0.39 is 24.0 Å². The smallest absolute Gasteiger partial charge is 0.347 e. The molecular weight excluding hydrogens is 434 g/mol. The van der Waals surface area contributed by atoms with Crippen LogP contribution < -0.4 is 15.7 Å². The van der Waals surface area contributed by atoms with Gasteiger partial charge in [-0.25, -0.2) is 19.0 Å². The molecule has 0 saturated heterocycles. The predicted octanol–water partition coefficient (Wildman–Crippen LogP) is 2.92. The molecule has 9 nitrogen and oxygen atoms in total. The van der Waals surface area contributed by atoms with Gasteiger partial charge in [0.1, 0.15) is 11.9 Å². The molecule has 0 radical (unpaired) electrons. The number of hydrogen-bond acceptors (Lipinski definition) is 5. The van der Waals surface area contributed by atoms with Crippen molar-refractivity contribution in [1.82, 2.24) is 29.7 Å². The molecule has 2 atom stereocenters. The fourth-order valence-electron chi connectivity index (χ4n) is 3.70. The Morgan fingerprint density at radius 1 is 1.21 bits per heavy atom. The highest BCUT2D eigenvalue weighted by atomic mass is 19.3. The van der Waals surface area contributed by atoms with Crippen LogP contribution >= 0.6 is 0 Å². The number of fused-ring (bicyclic) bond motifs is 2. The van der Waals surface area contributed by atoms with Gasteiger partial charge < -0.3 is 10.1 Å². The Bertz CT molecular complexity index is 1370. The summed E-state index contributed by atoms with van der Waals surface area (Å²) >= 11 is 0. The van der Waals surface area contributed by atoms with E-state index in [0.29, 0.717) is 24.0 Å². The molecule has 3 heterocycles. The Labute approximate surface area is 187 Å². The van der Waals surface area contributed by atoms with Crippen molar-refractivity contribution in [2.24, 2.45) is 5.92 Å². The van der Waals surface area contributed by atoms with Crippen molar-refractivity contribution in [3.8, 4) is 11.4 Å². The van der Waals surface area contributed by atoms with Crippen molar-refractivity contribution in [3.63, 3.8) is 0 Å². The maximum Gasteiger partial charge on any atom is 0.347 e. The average molecular weight is 458 g/mol. The third-order valence-electron chi connectivity index (χ3n) is 5.42. The van der Waals surface area contributed by atoms with Crippen molar-refractivity contribution < 1.29 is 18.3 Å². The molecule has 0 unspecified atom stereocenters. The van der Waals surface area contributed by atoms with Crippen molar-refractivity contribution in [1.29, 1.82) is 0 Å². The number of alkyl halides is 2. The number of aromatic amines is 1. The first-order valence-electron chi connectivity index (χ1n) is 10.4. The van der Waals surface area contributed by atoms with Crippen LogP contribution in [0.4, 0.5) is 8.78 Å². The van der Waals surface area contributed by atoms with Crippen molar-refractivity contribution >= 4 is 22.5 Å². The lowest BCUT2D eigenvalue weighted by Crippen LogP contribution is -2.52. The fraction of sp³-hybridized carbons (Fsp3) is 0.364. The van der Waals surface area contributed by atoms with Crippen LogP contribution in [0.5, 0.6) is 5.75 Å². The van der Waals surface area contributed by atoms with Crippen LogP contribution in [0.25, 0.3) is 22.2 Å². The van der Waals surface area contributed by atoms with Crippen molar-refractivity contribution in [2.75, 3.05) is 0 Å². The maximum atomic E-state index is 13.4. The molecule has 4 aromatic rings. The fourth-order valence-corrected chi connectivity index (χ4v) is 3.70. The number of nitrogens with zero attached hydrogens (tertiary/aromatic N) is 4. The number of aromatic nitrogens is 5. The third kappa shape index (κ3) is 4.43. The lowest BCUT2D eigenvalue weighted by molar-refractivity contribution is -0.144. The lowest BCUT2D eigenvalue weighted by atomic mass is 9.99. The molecule has 2 N–H and O–H groups in total. The van der Waals surface area contributed by atoms with Crippen LogP contribution in [-0.4, -0.2) is 48.4 Å². The molecule has 0 aliphatic carbocycles. The van der Waals surface area contributed by atoms with Crippen LogP contribution in [0.15, 0.2) is 47.5 Å². The van der Waals surface area contributed by atoms with Gasteiger partial charge in [-0.05, 0) is 43.2 Å². The molecule has 4 rings (SSSR count). The maximum absolute atomic E-state index is 13.4. The zero-order chi connectivity index (χ0) is 23.9. The first-order chi connectivity index (χ1) is 15.5. The van der Waals surface area contributed by atoms with Crippen LogP contribution in [0.1, 0.15) is 27.7 Å². The summed E-state index contributed by atoms with van der Waals surface area (Å²) < 4.78 is 35.8. The number of rotatable bonds is 7. The minimum Gasteiger partial charge on any atom is -0.489 e. The summed E-state index contributed by atoms with van der Waals surface area (Å²) in [7, 11) is 0. The van der Waals surface area contributed by atoms with E-state index in [9.17, 15) is 18.4 Å². The molecule has 0 aliphatic rings. The monoisotopic (exact) mass is 458 g/mol. The van der Waals surface area contributed by atoms with Crippen LogP contribution in [-0.2, 0) is 4.79 Å². The number of amides is 1. The van der Waals surface area contributed by atoms with E-state index >= 15 is 0 Å². The highest BCUT2D eigenvalue weighted by Crippen LogP contribution is 2.25. The standard InChI is InChI=1S/C22H24F2N6O3/c1-12(2)19(26-20(31)22(4,23)24)13(3)33-16-6-7-17-14(9-16)10-25-30(17)15-5-8-18-27-28-21(32)29(18)11-15/h5-13,19H,1-4H3,(H,26,31)(H,28,32)/t13-,19+/m1/s1. The minimum absolute atomic E-state index is 0.126. The number of H-pyrrole nitrogens is 1. The number of benzene rings is 1. The highest BCUT2D eigenvalue weighted by molar-refractivity contribution is 5.83. The Morgan fingerprint density at radius 2 is 1.97 bits per heavy atom. The molecule has 174 valence electrons. The van der Waals surface area contributed by atoms with E-state index in [4.69, 9.17) is 4.74 Å². The van der Waals surface area contributed by atoms with Gasteiger partial charge in [0, 0.05) is 18.5 Å². The molecule has 1 aromatic carbocycles. The topological polar surface area (TPSA) is 106 Å². The van der Waals surface area contributed by atoms with Crippen LogP contribution in [0, 0.1) is 5.92 Å². The normalized spacial score (nSPS) is 14.0. The Balaban J connectivity index is 1.57. The van der Waals surface area contributed by atoms with Gasteiger partial charge >= 0.3 is 11.6 Å². The van der Waals surface area contributed by atoms with Gasteiger partial charge in [0.15, 0.2) is 5.65 Å². The van der Waals surface area contributed by atoms with Gasteiger partial charge in [-0.3, -0.25) is 4.79 Å². The van der Waals surface area contributed by atoms with Gasteiger partial charge in [0.2, 0.25) is 0 Å². The number of hydrogen-bond donors (Lipinski definition) is 2. The molecule has 0 spiro atoms. The summed E-state index contributed by atoms with van der Waals surface area (Å²) in [6, 6.07) is 8.24. The molecule has 1 amide bonds. The SMILES string of the molecule is CC(C)[C@H](NC(=O)C(C)(F)F)[C@@H](C)Oc1ccc2c(cnn2-c2ccc3n[nH]c(=O)n3c2)c1. The third-order valence-corrected chi connectivity index (χ3v) is 5.42. The van der Waals surface area contributed by atoms with E-state index in [0.717, 1.165) is 10.9 Å². The summed E-state index contributed by atoms with van der Waals surface area (Å²) in [6.45, 7) is 5.95. The summed E-state index contributed by atoms with van der Waals surface area (Å²) in [5.41, 5.74) is 1.61. The quantitative estimate of drug-likeness (QED) is 0.443. The molecule has 0 bridgehead atoms. The van der Waals surface area contributed by atoms with Gasteiger partial charge in [-0.2, -0.15) is 19.0 Å². The summed E-state index contributed by atoms with van der Waals surface area (Å²) in [6.07, 6.45) is 2.74. The number of ether oxygens (including phenoxy) is 1. The van der Waals surface area contributed by atoms with E-state index in [1.807, 2.05) is 19.9 Å². The Morgan fingerprint density at radius 3 is 2.67 bits per heavy atom. The number of carbonyl (C=O) groups is 1. The van der Waals surface area contributed by atoms with E-state index in [2.05, 4.69) is 20.6 Å². The first kappa shape index (κ1) is 22.4. The lowest BCUT2D eigenvalue weighted by Gasteiger charge is -2.30. The molecule has 0 aliphatic heterocycles. The Kier molecular flexibility index (Phi) is 5.64. The summed E-state index contributed by atoms with van der Waals surface area (Å²) in [4.78, 5) is 23.6. The van der Waals surface area contributed by atoms with Gasteiger partial charge in [0.25, 0.3) is 5.91 Å². The average Bonchev–Trinajstić information content (AvgIpc) is 3.33. The summed E-state index contributed by atoms with van der Waals surface area (Å²) in [5.74, 6) is -4.41. The van der Waals surface area contributed by atoms with E-state index in [1.165, 1.54) is 4.40 Å². The minimum atomic E-state index is -3.47. The predicted molar refractivity (Wildman–Crippen MR) is 118 cm³/mol. The van der Waals surface area contributed by atoms with Gasteiger partial charge in [0.05, 0.1) is 23.4 Å². The molecule has 0 fully saturated rings. The second-order valence-corrected chi connectivity index (χ2v) is 8.38. The second kappa shape index (κ2) is 8.30. The number of halogens is 2. The molecule has 0 saturated carbocycles. The second-order valence-electron chi connectivity index (χ2n) is 8.38. The van der Waals surface area contributed by atoms with E-state index in [-0.39, 0.29) is 11.6 Å². The van der Waals surface area contributed by atoms with Crippen molar-refractivity contribution in [2.45, 2.75) is 45.8 Å². The molecular formula is C22H24F2N6O3. The van der Waals surface area contributed by atoms with Gasteiger partial charge in [-0.15, -0.1) is 0 Å². The zero-order valence-electron chi connectivity index (χ0n) is 18.5. The zero-order valence-corrected chi connectivity index (χ0v) is 18.5. The largest absolute Gasteiger partial charge is 0.489 e. The van der Waals surface area contributed by atoms with E-state index in [1.54, 1.807) is 48.3 Å². The number of pyridine rings is 1. The van der Waals surface area contributed by atoms with Crippen LogP contribution in [0.2, 0.25) is 0 Å². The number of nitrogens with one attached hydrogen (secondary N) is 2. The van der Waals surface area contributed by atoms with Gasteiger partial charge in [-0.1, -0.05) is 13.8 Å². The molecule has 33 heavy (non-hydrogen) atoms. The molecule has 11 heteroatoms. The summed E-state index contributed by atoms with van der Waals surface area (Å²) in [5, 5.41) is 13.9. The van der Waals surface area contributed by atoms with Crippen molar-refractivity contribution in [3.05, 3.63) is 53.2 Å². The first-order valence-corrected chi connectivity index (χ1v) is 10.4. The highest BCUT2D eigenvalue weighted by Gasteiger charge is 2.36. The molecule has 3 aromatic heterocycles. The van der Waals surface area contributed by atoms with Crippen LogP contribution in [0.3, 0.4) is 0 Å². The Hall–Kier alpha value is -3.76. The number of carbonyl (C=O) groups excluding carboxylic acids is 1.